The first-order valence-corrected chi connectivity index (χ1v) is 13.1. The van der Waals surface area contributed by atoms with Gasteiger partial charge in [0.2, 0.25) is 10.0 Å². The fraction of sp³-hybridized carbons (Fsp3) is 0.185. The normalized spacial score (nSPS) is 14.7. The van der Waals surface area contributed by atoms with Crippen LogP contribution in [0.4, 0.5) is 11.4 Å². The number of anilines is 2. The largest absolute Gasteiger partial charge is 0.322 e. The summed E-state index contributed by atoms with van der Waals surface area (Å²) in [5.41, 5.74) is 5.18. The molecule has 5 rings (SSSR count). The first kappa shape index (κ1) is 22.9. The van der Waals surface area contributed by atoms with Crippen LogP contribution in [-0.4, -0.2) is 36.4 Å². The standard InChI is InChI=1S/C27H26N4O3S/c1-20-11-13-22(14-12-20)26-25(19-30(29-26)18-21-7-3-2-4-8-21)27(32)28-23-9-5-10-24(17-23)31-15-6-16-35(31,33)34/h2-5,7-14,17,19H,6,15-16,18H2,1H3,(H,28,32). The fourth-order valence-corrected chi connectivity index (χ4v) is 5.79. The molecule has 0 radical (unpaired) electrons. The van der Waals surface area contributed by atoms with E-state index in [9.17, 15) is 13.2 Å². The third-order valence-electron chi connectivity index (χ3n) is 6.01. The summed E-state index contributed by atoms with van der Waals surface area (Å²) >= 11 is 0. The molecule has 0 atom stereocenters. The van der Waals surface area contributed by atoms with Gasteiger partial charge in [0.15, 0.2) is 0 Å². The Kier molecular flexibility index (Phi) is 6.13. The number of nitrogens with one attached hydrogen (secondary N) is 1. The van der Waals surface area contributed by atoms with Crippen molar-refractivity contribution in [2.24, 2.45) is 0 Å². The predicted molar refractivity (Wildman–Crippen MR) is 138 cm³/mol. The molecule has 0 aliphatic carbocycles. The second-order valence-corrected chi connectivity index (χ2v) is 10.7. The van der Waals surface area contributed by atoms with Crippen molar-refractivity contribution in [3.05, 3.63) is 102 Å². The van der Waals surface area contributed by atoms with Gasteiger partial charge < -0.3 is 5.32 Å². The van der Waals surface area contributed by atoms with E-state index >= 15 is 0 Å². The molecule has 35 heavy (non-hydrogen) atoms. The second-order valence-electron chi connectivity index (χ2n) is 8.69. The highest BCUT2D eigenvalue weighted by molar-refractivity contribution is 7.93. The summed E-state index contributed by atoms with van der Waals surface area (Å²) in [4.78, 5) is 13.4. The molecule has 4 aromatic rings. The number of rotatable bonds is 6. The molecule has 1 saturated heterocycles. The summed E-state index contributed by atoms with van der Waals surface area (Å²) in [6, 6.07) is 24.8. The first-order valence-electron chi connectivity index (χ1n) is 11.5. The molecule has 1 amide bonds. The van der Waals surface area contributed by atoms with Crippen molar-refractivity contribution in [1.29, 1.82) is 0 Å². The van der Waals surface area contributed by atoms with Crippen molar-refractivity contribution in [1.82, 2.24) is 9.78 Å². The number of carbonyl (C=O) groups is 1. The van der Waals surface area contributed by atoms with Gasteiger partial charge in [-0.2, -0.15) is 5.10 Å². The topological polar surface area (TPSA) is 84.3 Å². The highest BCUT2D eigenvalue weighted by atomic mass is 32.2. The quantitative estimate of drug-likeness (QED) is 0.428. The monoisotopic (exact) mass is 486 g/mol. The molecule has 0 bridgehead atoms. The third-order valence-corrected chi connectivity index (χ3v) is 7.88. The zero-order chi connectivity index (χ0) is 24.4. The molecule has 0 spiro atoms. The summed E-state index contributed by atoms with van der Waals surface area (Å²) in [5.74, 6) is -0.161. The maximum Gasteiger partial charge on any atom is 0.259 e. The Bertz CT molecular complexity index is 1460. The maximum absolute atomic E-state index is 13.4. The summed E-state index contributed by atoms with van der Waals surface area (Å²) in [5, 5.41) is 7.67. The van der Waals surface area contributed by atoms with Crippen LogP contribution in [0.2, 0.25) is 0 Å². The molecule has 178 valence electrons. The molecule has 7 nitrogen and oxygen atoms in total. The van der Waals surface area contributed by atoms with Crippen molar-refractivity contribution in [2.45, 2.75) is 19.9 Å². The lowest BCUT2D eigenvalue weighted by Crippen LogP contribution is -2.25. The smallest absolute Gasteiger partial charge is 0.259 e. The van der Waals surface area contributed by atoms with Crippen LogP contribution in [0.15, 0.2) is 85.1 Å². The number of amides is 1. The summed E-state index contributed by atoms with van der Waals surface area (Å²) in [6.07, 6.45) is 2.35. The van der Waals surface area contributed by atoms with Gasteiger partial charge in [0.1, 0.15) is 5.69 Å². The number of aryl methyl sites for hydroxylation is 1. The SMILES string of the molecule is Cc1ccc(-c2nn(Cc3ccccc3)cc2C(=O)Nc2cccc(N3CCCS3(=O)=O)c2)cc1. The average Bonchev–Trinajstić information content (AvgIpc) is 3.43. The van der Waals surface area contributed by atoms with E-state index in [1.54, 1.807) is 35.1 Å². The van der Waals surface area contributed by atoms with Gasteiger partial charge in [-0.15, -0.1) is 0 Å². The highest BCUT2D eigenvalue weighted by Crippen LogP contribution is 2.28. The minimum Gasteiger partial charge on any atom is -0.322 e. The zero-order valence-electron chi connectivity index (χ0n) is 19.4. The lowest BCUT2D eigenvalue weighted by Gasteiger charge is -2.17. The molecule has 1 aromatic heterocycles. The Morgan fingerprint density at radius 1 is 1.00 bits per heavy atom. The van der Waals surface area contributed by atoms with Crippen LogP contribution < -0.4 is 9.62 Å². The van der Waals surface area contributed by atoms with Crippen LogP contribution in [0.3, 0.4) is 0 Å². The molecule has 0 unspecified atom stereocenters. The Morgan fingerprint density at radius 2 is 1.77 bits per heavy atom. The fourth-order valence-electron chi connectivity index (χ4n) is 4.23. The summed E-state index contributed by atoms with van der Waals surface area (Å²) in [6.45, 7) is 3.00. The summed E-state index contributed by atoms with van der Waals surface area (Å²) in [7, 11) is -3.30. The van der Waals surface area contributed by atoms with Gasteiger partial charge >= 0.3 is 0 Å². The van der Waals surface area contributed by atoms with Crippen LogP contribution in [0.1, 0.15) is 27.9 Å². The van der Waals surface area contributed by atoms with E-state index in [2.05, 4.69) is 5.32 Å². The van der Waals surface area contributed by atoms with Gasteiger partial charge in [-0.3, -0.25) is 13.8 Å². The van der Waals surface area contributed by atoms with Crippen LogP contribution in [0, 0.1) is 6.92 Å². The van der Waals surface area contributed by atoms with E-state index in [4.69, 9.17) is 5.10 Å². The van der Waals surface area contributed by atoms with Crippen LogP contribution in [0.25, 0.3) is 11.3 Å². The Labute approximate surface area is 205 Å². The lowest BCUT2D eigenvalue weighted by molar-refractivity contribution is 0.102. The lowest BCUT2D eigenvalue weighted by atomic mass is 10.1. The van der Waals surface area contributed by atoms with Crippen molar-refractivity contribution in [3.8, 4) is 11.3 Å². The van der Waals surface area contributed by atoms with Crippen molar-refractivity contribution < 1.29 is 13.2 Å². The third kappa shape index (κ3) is 4.97. The highest BCUT2D eigenvalue weighted by Gasteiger charge is 2.28. The molecular formula is C27H26N4O3S. The molecule has 3 aromatic carbocycles. The van der Waals surface area contributed by atoms with Crippen LogP contribution in [-0.2, 0) is 16.6 Å². The van der Waals surface area contributed by atoms with Gasteiger partial charge in [0.05, 0.1) is 23.5 Å². The Morgan fingerprint density at radius 3 is 2.49 bits per heavy atom. The maximum atomic E-state index is 13.4. The average molecular weight is 487 g/mol. The van der Waals surface area contributed by atoms with Crippen LogP contribution >= 0.6 is 0 Å². The number of hydrogen-bond donors (Lipinski definition) is 1. The molecule has 1 N–H and O–H groups in total. The number of benzene rings is 3. The Balaban J connectivity index is 1.46. The van der Waals surface area contributed by atoms with Gasteiger partial charge in [-0.05, 0) is 37.1 Å². The molecule has 1 aliphatic heterocycles. The van der Waals surface area contributed by atoms with E-state index < -0.39 is 10.0 Å². The molecule has 8 heteroatoms. The van der Waals surface area contributed by atoms with Gasteiger partial charge in [-0.1, -0.05) is 66.2 Å². The van der Waals surface area contributed by atoms with E-state index in [1.165, 1.54) is 4.31 Å². The van der Waals surface area contributed by atoms with Gasteiger partial charge in [0.25, 0.3) is 5.91 Å². The molecular weight excluding hydrogens is 460 g/mol. The number of nitrogens with zero attached hydrogens (tertiary/aromatic N) is 3. The van der Waals surface area contributed by atoms with Gasteiger partial charge in [0, 0.05) is 24.0 Å². The zero-order valence-corrected chi connectivity index (χ0v) is 20.2. The first-order chi connectivity index (χ1) is 16.9. The van der Waals surface area contributed by atoms with Gasteiger partial charge in [-0.25, -0.2) is 8.42 Å². The van der Waals surface area contributed by atoms with Crippen LogP contribution in [0.5, 0.6) is 0 Å². The van der Waals surface area contributed by atoms with Crippen molar-refractivity contribution in [3.63, 3.8) is 0 Å². The number of sulfonamides is 1. The number of carbonyl (C=O) groups excluding carboxylic acids is 1. The van der Waals surface area contributed by atoms with E-state index in [1.807, 2.05) is 61.5 Å². The molecule has 2 heterocycles. The number of aromatic nitrogens is 2. The minimum absolute atomic E-state index is 0.143. The minimum atomic E-state index is -3.30. The molecule has 1 aliphatic rings. The van der Waals surface area contributed by atoms with E-state index in [0.29, 0.717) is 42.1 Å². The molecule has 0 saturated carbocycles. The van der Waals surface area contributed by atoms with Crippen molar-refractivity contribution >= 4 is 27.3 Å². The summed E-state index contributed by atoms with van der Waals surface area (Å²) < 4.78 is 27.8. The predicted octanol–water partition coefficient (Wildman–Crippen LogP) is 4.70. The Hall–Kier alpha value is -3.91. The van der Waals surface area contributed by atoms with Crippen molar-refractivity contribution in [2.75, 3.05) is 21.9 Å². The molecule has 1 fully saturated rings. The second kappa shape index (κ2) is 9.38. The number of hydrogen-bond acceptors (Lipinski definition) is 4. The van der Waals surface area contributed by atoms with E-state index in [-0.39, 0.29) is 11.7 Å². The van der Waals surface area contributed by atoms with E-state index in [0.717, 1.165) is 16.7 Å².